The summed E-state index contributed by atoms with van der Waals surface area (Å²) in [4.78, 5) is -0.178. The van der Waals surface area contributed by atoms with Crippen molar-refractivity contribution in [1.82, 2.24) is 0 Å². The molecule has 0 atom stereocenters. The quantitative estimate of drug-likeness (QED) is 0.149. The van der Waals surface area contributed by atoms with E-state index in [0.29, 0.717) is 0 Å². The van der Waals surface area contributed by atoms with Crippen molar-refractivity contribution in [2.24, 2.45) is 0 Å². The summed E-state index contributed by atoms with van der Waals surface area (Å²) in [5, 5.41) is 0. The Morgan fingerprint density at radius 3 is 1.55 bits per heavy atom. The summed E-state index contributed by atoms with van der Waals surface area (Å²) < 4.78 is 32.5. The Labute approximate surface area is 185 Å². The monoisotopic (exact) mass is 447 g/mol. The van der Waals surface area contributed by atoms with E-state index < -0.39 is 10.1 Å². The van der Waals surface area contributed by atoms with Crippen molar-refractivity contribution in [3.05, 3.63) is 29.8 Å². The molecule has 0 aliphatic carbocycles. The van der Waals surface area contributed by atoms with Crippen LogP contribution in [0, 0.1) is 6.92 Å². The van der Waals surface area contributed by atoms with Crippen LogP contribution in [0.2, 0.25) is 0 Å². The van der Waals surface area contributed by atoms with E-state index in [9.17, 15) is 13.0 Å². The van der Waals surface area contributed by atoms with E-state index in [1.807, 2.05) is 6.92 Å². The molecule has 29 heavy (non-hydrogen) atoms. The summed E-state index contributed by atoms with van der Waals surface area (Å²) in [5.74, 6) is 0.829. The van der Waals surface area contributed by atoms with Gasteiger partial charge in [0.15, 0.2) is 0 Å². The Hall–Kier alpha value is -0.620. The Morgan fingerprint density at radius 1 is 0.793 bits per heavy atom. The predicted molar refractivity (Wildman–Crippen MR) is 124 cm³/mol. The summed E-state index contributed by atoms with van der Waals surface area (Å²) in [6.07, 6.45) is 10.6. The first-order valence-electron chi connectivity index (χ1n) is 11.2. The van der Waals surface area contributed by atoms with Crippen LogP contribution in [0.3, 0.4) is 0 Å². The van der Waals surface area contributed by atoms with Crippen LogP contribution in [0.4, 0.5) is 0 Å². The average Bonchev–Trinajstić information content (AvgIpc) is 2.69. The molecule has 6 heteroatoms. The zero-order valence-electron chi connectivity index (χ0n) is 19.0. The standard InChI is InChI=1S/C16H35ClN.C7H8O3S/c1-4-7-13-18(14-8-5-2,15-9-6-3)16-11-10-12-17;1-6-2-4-7(5-3-6)11(8,9)10/h4-16H2,1-3H3;2-5H,1H3,(H,8,9,10)/q+1;/p-1. The minimum absolute atomic E-state index is 0.178. The third-order valence-corrected chi connectivity index (χ3v) is 6.40. The molecular formula is C23H42ClNO3S. The smallest absolute Gasteiger partial charge is 0.124 e. The number of halogens is 1. The summed E-state index contributed by atoms with van der Waals surface area (Å²) in [7, 11) is -4.27. The van der Waals surface area contributed by atoms with Crippen molar-refractivity contribution in [3.63, 3.8) is 0 Å². The van der Waals surface area contributed by atoms with Gasteiger partial charge in [-0.25, -0.2) is 8.42 Å². The third kappa shape index (κ3) is 13.3. The summed E-state index contributed by atoms with van der Waals surface area (Å²) in [5.41, 5.74) is 0.928. The second-order valence-electron chi connectivity index (χ2n) is 7.96. The van der Waals surface area contributed by atoms with Crippen molar-refractivity contribution in [3.8, 4) is 0 Å². The number of quaternary nitrogens is 1. The SMILES string of the molecule is CCCC[N+](CCCC)(CCCC)CCCCCl.Cc1ccc(S(=O)(=O)[O-])cc1. The molecule has 1 aromatic carbocycles. The molecule has 0 aliphatic heterocycles. The van der Waals surface area contributed by atoms with Gasteiger partial charge in [-0.3, -0.25) is 0 Å². The van der Waals surface area contributed by atoms with E-state index in [1.165, 1.54) is 94.2 Å². The lowest BCUT2D eigenvalue weighted by molar-refractivity contribution is -0.929. The fourth-order valence-corrected chi connectivity index (χ4v) is 4.06. The maximum atomic E-state index is 10.4. The normalized spacial score (nSPS) is 11.8. The third-order valence-electron chi connectivity index (χ3n) is 5.28. The molecule has 0 N–H and O–H groups in total. The van der Waals surface area contributed by atoms with E-state index in [2.05, 4.69) is 20.8 Å². The number of benzene rings is 1. The molecule has 0 saturated heterocycles. The molecule has 0 bridgehead atoms. The number of aryl methyl sites for hydroxylation is 1. The van der Waals surface area contributed by atoms with Crippen LogP contribution in [-0.4, -0.2) is 49.5 Å². The van der Waals surface area contributed by atoms with Gasteiger partial charge in [-0.2, -0.15) is 0 Å². The molecule has 0 aliphatic rings. The number of unbranched alkanes of at least 4 members (excludes halogenated alkanes) is 4. The molecule has 1 aromatic rings. The van der Waals surface area contributed by atoms with Gasteiger partial charge in [0.2, 0.25) is 0 Å². The molecule has 0 radical (unpaired) electrons. The molecule has 0 spiro atoms. The van der Waals surface area contributed by atoms with Crippen molar-refractivity contribution in [2.75, 3.05) is 32.1 Å². The molecule has 0 unspecified atom stereocenters. The first-order chi connectivity index (χ1) is 13.7. The van der Waals surface area contributed by atoms with Crippen LogP contribution >= 0.6 is 11.6 Å². The molecule has 0 saturated carbocycles. The minimum Gasteiger partial charge on any atom is -0.744 e. The van der Waals surface area contributed by atoms with Gasteiger partial charge < -0.3 is 9.04 Å². The van der Waals surface area contributed by atoms with Crippen molar-refractivity contribution in [1.29, 1.82) is 0 Å². The molecule has 0 fully saturated rings. The highest BCUT2D eigenvalue weighted by molar-refractivity contribution is 7.85. The number of rotatable bonds is 14. The second-order valence-corrected chi connectivity index (χ2v) is 9.72. The van der Waals surface area contributed by atoms with E-state index >= 15 is 0 Å². The van der Waals surface area contributed by atoms with Gasteiger partial charge in [0.05, 0.1) is 31.1 Å². The van der Waals surface area contributed by atoms with Gasteiger partial charge in [0.1, 0.15) is 10.1 Å². The molecule has 1 rings (SSSR count). The zero-order valence-corrected chi connectivity index (χ0v) is 20.5. The van der Waals surface area contributed by atoms with Gasteiger partial charge in [0, 0.05) is 5.88 Å². The highest BCUT2D eigenvalue weighted by atomic mass is 35.5. The number of hydrogen-bond acceptors (Lipinski definition) is 3. The summed E-state index contributed by atoms with van der Waals surface area (Å²) in [6, 6.07) is 5.78. The summed E-state index contributed by atoms with van der Waals surface area (Å²) >= 11 is 5.84. The molecule has 0 heterocycles. The fraction of sp³-hybridized carbons (Fsp3) is 0.739. The largest absolute Gasteiger partial charge is 0.744 e. The van der Waals surface area contributed by atoms with E-state index in [4.69, 9.17) is 11.6 Å². The summed E-state index contributed by atoms with van der Waals surface area (Å²) in [6.45, 7) is 14.3. The van der Waals surface area contributed by atoms with E-state index in [0.717, 1.165) is 11.4 Å². The minimum atomic E-state index is -4.27. The van der Waals surface area contributed by atoms with Crippen LogP contribution in [0.5, 0.6) is 0 Å². The number of alkyl halides is 1. The molecule has 0 amide bonds. The van der Waals surface area contributed by atoms with Gasteiger partial charge in [-0.1, -0.05) is 57.7 Å². The highest BCUT2D eigenvalue weighted by Gasteiger charge is 2.24. The molecular weight excluding hydrogens is 406 g/mol. The zero-order chi connectivity index (χ0) is 22.2. The molecule has 4 nitrogen and oxygen atoms in total. The van der Waals surface area contributed by atoms with Crippen molar-refractivity contribution >= 4 is 21.7 Å². The Morgan fingerprint density at radius 2 is 1.21 bits per heavy atom. The predicted octanol–water partition coefficient (Wildman–Crippen LogP) is 6.12. The van der Waals surface area contributed by atoms with Gasteiger partial charge in [0.25, 0.3) is 0 Å². The Kier molecular flexibility index (Phi) is 15.8. The van der Waals surface area contributed by atoms with Crippen molar-refractivity contribution in [2.45, 2.75) is 84.0 Å². The number of nitrogens with zero attached hydrogens (tertiary/aromatic N) is 1. The highest BCUT2D eigenvalue weighted by Crippen LogP contribution is 2.16. The first-order valence-corrected chi connectivity index (χ1v) is 13.1. The first kappa shape index (κ1) is 28.4. The van der Waals surface area contributed by atoms with Gasteiger partial charge in [-0.05, 0) is 51.2 Å². The lowest BCUT2D eigenvalue weighted by atomic mass is 10.1. The maximum absolute atomic E-state index is 10.4. The molecule has 170 valence electrons. The Balaban J connectivity index is 0.000000604. The van der Waals surface area contributed by atoms with Crippen LogP contribution < -0.4 is 0 Å². The number of hydrogen-bond donors (Lipinski definition) is 0. The second kappa shape index (κ2) is 16.1. The fourth-order valence-electron chi connectivity index (χ4n) is 3.40. The topological polar surface area (TPSA) is 57.2 Å². The average molecular weight is 448 g/mol. The Bertz CT molecular complexity index is 596. The van der Waals surface area contributed by atoms with Crippen LogP contribution in [0.15, 0.2) is 29.2 Å². The van der Waals surface area contributed by atoms with E-state index in [1.54, 1.807) is 12.1 Å². The lowest BCUT2D eigenvalue weighted by Gasteiger charge is -2.39. The van der Waals surface area contributed by atoms with Crippen LogP contribution in [0.25, 0.3) is 0 Å². The van der Waals surface area contributed by atoms with Crippen molar-refractivity contribution < 1.29 is 17.5 Å². The van der Waals surface area contributed by atoms with E-state index in [-0.39, 0.29) is 4.90 Å². The van der Waals surface area contributed by atoms with Crippen LogP contribution in [0.1, 0.15) is 77.7 Å². The van der Waals surface area contributed by atoms with Crippen LogP contribution in [-0.2, 0) is 10.1 Å². The van der Waals surface area contributed by atoms with Gasteiger partial charge in [-0.15, -0.1) is 11.6 Å². The van der Waals surface area contributed by atoms with Gasteiger partial charge >= 0.3 is 0 Å². The lowest BCUT2D eigenvalue weighted by Crippen LogP contribution is -2.50. The maximum Gasteiger partial charge on any atom is 0.124 e. The molecule has 0 aromatic heterocycles.